The van der Waals surface area contributed by atoms with Crippen molar-refractivity contribution in [2.24, 2.45) is 5.73 Å². The van der Waals surface area contributed by atoms with Crippen LogP contribution in [0.25, 0.3) is 0 Å². The van der Waals surface area contributed by atoms with Crippen LogP contribution >= 0.6 is 0 Å². The second kappa shape index (κ2) is 4.69. The maximum Gasteiger partial charge on any atom is 0.130 e. The summed E-state index contributed by atoms with van der Waals surface area (Å²) in [6.07, 6.45) is -1.59. The van der Waals surface area contributed by atoms with Gasteiger partial charge in [-0.15, -0.1) is 0 Å². The predicted molar refractivity (Wildman–Crippen MR) is 34.7 cm³/mol. The molecule has 0 aromatic heterocycles. The van der Waals surface area contributed by atoms with E-state index in [1.807, 2.05) is 0 Å². The van der Waals surface area contributed by atoms with Crippen LogP contribution in [0.5, 0.6) is 0 Å². The number of nitrogens with one attached hydrogen (secondary N) is 1. The molecule has 0 heterocycles. The van der Waals surface area contributed by atoms with Gasteiger partial charge in [0, 0.05) is 13.1 Å². The lowest BCUT2D eigenvalue weighted by molar-refractivity contribution is 0.0102. The molecule has 2 atom stereocenters. The van der Waals surface area contributed by atoms with Crippen molar-refractivity contribution in [1.82, 2.24) is 5.32 Å². The van der Waals surface area contributed by atoms with E-state index >= 15 is 0 Å². The molecule has 56 valence electrons. The topological polar surface area (TPSA) is 78.5 Å². The molecule has 0 rings (SSSR count). The molecule has 0 aliphatic carbocycles. The lowest BCUT2D eigenvalue weighted by Crippen LogP contribution is -2.40. The quantitative estimate of drug-likeness (QED) is 0.343. The minimum absolute atomic E-state index is 0.462. The first kappa shape index (κ1) is 8.84. The zero-order valence-electron chi connectivity index (χ0n) is 5.54. The molecule has 0 radical (unpaired) electrons. The second-order valence-electron chi connectivity index (χ2n) is 1.93. The molecule has 0 spiro atoms. The molecule has 4 heteroatoms. The molecule has 0 fully saturated rings. The molecule has 0 aromatic rings. The van der Waals surface area contributed by atoms with Crippen molar-refractivity contribution in [2.45, 2.75) is 19.3 Å². The van der Waals surface area contributed by atoms with E-state index in [9.17, 15) is 0 Å². The first-order valence-corrected chi connectivity index (χ1v) is 2.98. The van der Waals surface area contributed by atoms with Gasteiger partial charge in [0.25, 0.3) is 0 Å². The van der Waals surface area contributed by atoms with Crippen LogP contribution in [-0.4, -0.2) is 35.6 Å². The van der Waals surface area contributed by atoms with E-state index < -0.39 is 12.3 Å². The van der Waals surface area contributed by atoms with Crippen LogP contribution in [0.4, 0.5) is 0 Å². The Morgan fingerprint density at radius 3 is 2.44 bits per heavy atom. The molecule has 0 amide bonds. The van der Waals surface area contributed by atoms with Gasteiger partial charge in [0.15, 0.2) is 0 Å². The van der Waals surface area contributed by atoms with E-state index in [-0.39, 0.29) is 0 Å². The van der Waals surface area contributed by atoms with Crippen molar-refractivity contribution in [3.8, 4) is 0 Å². The normalized spacial score (nSPS) is 17.3. The highest BCUT2D eigenvalue weighted by atomic mass is 16.3. The lowest BCUT2D eigenvalue weighted by Gasteiger charge is -2.13. The number of nitrogens with two attached hydrogens (primary N) is 1. The van der Waals surface area contributed by atoms with Crippen LogP contribution in [0.15, 0.2) is 0 Å². The third-order valence-electron chi connectivity index (χ3n) is 0.955. The van der Waals surface area contributed by atoms with Gasteiger partial charge in [0.1, 0.15) is 6.23 Å². The molecule has 0 aliphatic rings. The molecule has 0 saturated heterocycles. The van der Waals surface area contributed by atoms with Crippen LogP contribution in [0.2, 0.25) is 0 Å². The fourth-order valence-electron chi connectivity index (χ4n) is 0.402. The van der Waals surface area contributed by atoms with Crippen molar-refractivity contribution < 1.29 is 10.2 Å². The first-order valence-electron chi connectivity index (χ1n) is 2.98. The number of aliphatic hydroxyl groups excluding tert-OH is 2. The maximum absolute atomic E-state index is 8.84. The molecule has 4 nitrogen and oxygen atoms in total. The van der Waals surface area contributed by atoms with Gasteiger partial charge < -0.3 is 15.9 Å². The van der Waals surface area contributed by atoms with Gasteiger partial charge in [-0.3, -0.25) is 5.32 Å². The number of aliphatic hydroxyl groups is 2. The molecule has 2 unspecified atom stereocenters. The van der Waals surface area contributed by atoms with Crippen molar-refractivity contribution >= 4 is 0 Å². The fraction of sp³-hybridized carbons (Fsp3) is 1.00. The maximum atomic E-state index is 8.84. The Hall–Kier alpha value is -0.160. The van der Waals surface area contributed by atoms with Gasteiger partial charge in [-0.25, -0.2) is 0 Å². The standard InChI is InChI=1S/C5H14N2O2/c1-4(8)5(9)7-3-2-6/h4-5,7-9H,2-3,6H2,1H3. The summed E-state index contributed by atoms with van der Waals surface area (Å²) in [5.74, 6) is 0. The van der Waals surface area contributed by atoms with Crippen LogP contribution in [0.3, 0.4) is 0 Å². The number of rotatable bonds is 4. The largest absolute Gasteiger partial charge is 0.389 e. The molecule has 0 bridgehead atoms. The highest BCUT2D eigenvalue weighted by Crippen LogP contribution is 1.84. The SMILES string of the molecule is CC(O)C(O)NCCN. The van der Waals surface area contributed by atoms with Gasteiger partial charge in [-0.2, -0.15) is 0 Å². The first-order chi connectivity index (χ1) is 4.18. The Balaban J connectivity index is 3.16. The molecule has 0 aromatic carbocycles. The lowest BCUT2D eigenvalue weighted by atomic mass is 10.3. The van der Waals surface area contributed by atoms with Crippen molar-refractivity contribution in [2.75, 3.05) is 13.1 Å². The molecule has 5 N–H and O–H groups in total. The van der Waals surface area contributed by atoms with Gasteiger partial charge in [0.2, 0.25) is 0 Å². The Kier molecular flexibility index (Phi) is 4.61. The van der Waals surface area contributed by atoms with Crippen molar-refractivity contribution in [1.29, 1.82) is 0 Å². The van der Waals surface area contributed by atoms with E-state index in [0.717, 1.165) is 0 Å². The number of hydrogen-bond donors (Lipinski definition) is 4. The molecular weight excluding hydrogens is 120 g/mol. The minimum atomic E-state index is -0.853. The van der Waals surface area contributed by atoms with Crippen molar-refractivity contribution in [3.63, 3.8) is 0 Å². The summed E-state index contributed by atoms with van der Waals surface area (Å²) in [6.45, 7) is 2.49. The monoisotopic (exact) mass is 134 g/mol. The predicted octanol–water partition coefficient (Wildman–Crippen LogP) is -1.77. The van der Waals surface area contributed by atoms with Gasteiger partial charge >= 0.3 is 0 Å². The van der Waals surface area contributed by atoms with Gasteiger partial charge in [-0.1, -0.05) is 0 Å². The van der Waals surface area contributed by atoms with Crippen LogP contribution < -0.4 is 11.1 Å². The average Bonchev–Trinajstić information content (AvgIpc) is 1.82. The summed E-state index contributed by atoms with van der Waals surface area (Å²) >= 11 is 0. The Morgan fingerprint density at radius 1 is 1.56 bits per heavy atom. The van der Waals surface area contributed by atoms with E-state index in [2.05, 4.69) is 5.32 Å². The smallest absolute Gasteiger partial charge is 0.130 e. The summed E-state index contributed by atoms with van der Waals surface area (Å²) in [5.41, 5.74) is 5.12. The molecular formula is C5H14N2O2. The van der Waals surface area contributed by atoms with Crippen LogP contribution in [-0.2, 0) is 0 Å². The summed E-state index contributed by atoms with van der Waals surface area (Å²) < 4.78 is 0. The Bertz CT molecular complexity index is 68.0. The van der Waals surface area contributed by atoms with Gasteiger partial charge in [-0.05, 0) is 6.92 Å². The molecule has 9 heavy (non-hydrogen) atoms. The van der Waals surface area contributed by atoms with Gasteiger partial charge in [0.05, 0.1) is 6.10 Å². The van der Waals surface area contributed by atoms with E-state index in [1.165, 1.54) is 6.92 Å². The summed E-state index contributed by atoms with van der Waals surface area (Å²) in [7, 11) is 0. The molecule has 0 aliphatic heterocycles. The third-order valence-corrected chi connectivity index (χ3v) is 0.955. The van der Waals surface area contributed by atoms with Crippen LogP contribution in [0, 0.1) is 0 Å². The summed E-state index contributed by atoms with van der Waals surface area (Å²) in [5, 5.41) is 20.1. The van der Waals surface area contributed by atoms with E-state index in [4.69, 9.17) is 15.9 Å². The molecule has 0 saturated carbocycles. The minimum Gasteiger partial charge on any atom is -0.389 e. The zero-order valence-corrected chi connectivity index (χ0v) is 5.54. The summed E-state index contributed by atoms with van der Waals surface area (Å²) in [4.78, 5) is 0. The Labute approximate surface area is 54.7 Å². The number of hydrogen-bond acceptors (Lipinski definition) is 4. The average molecular weight is 134 g/mol. The van der Waals surface area contributed by atoms with E-state index in [0.29, 0.717) is 13.1 Å². The van der Waals surface area contributed by atoms with Crippen LogP contribution in [0.1, 0.15) is 6.92 Å². The Morgan fingerprint density at radius 2 is 2.11 bits per heavy atom. The third kappa shape index (κ3) is 4.35. The zero-order chi connectivity index (χ0) is 7.28. The highest BCUT2D eigenvalue weighted by Gasteiger charge is 2.07. The summed E-state index contributed by atoms with van der Waals surface area (Å²) in [6, 6.07) is 0. The fourth-order valence-corrected chi connectivity index (χ4v) is 0.402. The van der Waals surface area contributed by atoms with Crippen molar-refractivity contribution in [3.05, 3.63) is 0 Å². The second-order valence-corrected chi connectivity index (χ2v) is 1.93. The van der Waals surface area contributed by atoms with E-state index in [1.54, 1.807) is 0 Å². The highest BCUT2D eigenvalue weighted by molar-refractivity contribution is 4.58.